The van der Waals surface area contributed by atoms with Crippen molar-refractivity contribution in [3.8, 4) is 17.4 Å². The van der Waals surface area contributed by atoms with Crippen LogP contribution in [0.1, 0.15) is 17.8 Å². The van der Waals surface area contributed by atoms with Gasteiger partial charge in [0, 0.05) is 53.8 Å². The monoisotopic (exact) mass is 1010 g/mol. The number of hydrogen-bond acceptors (Lipinski definition) is 15. The van der Waals surface area contributed by atoms with Crippen molar-refractivity contribution >= 4 is 130 Å². The molecule has 13 nitrogen and oxygen atoms in total. The van der Waals surface area contributed by atoms with Gasteiger partial charge in [0.2, 0.25) is 11.8 Å². The fraction of sp³-hybridized carbons (Fsp3) is 0.289. The smallest absolute Gasteiger partial charge is 0.396 e. The number of pyridine rings is 1. The first-order valence-corrected chi connectivity index (χ1v) is 21.2. The highest BCUT2D eigenvalue weighted by atomic mass is 79.9. The molecule has 322 valence electrons. The summed E-state index contributed by atoms with van der Waals surface area (Å²) in [6, 6.07) is 12.3. The van der Waals surface area contributed by atoms with Gasteiger partial charge >= 0.3 is 5.28 Å². The fourth-order valence-electron chi connectivity index (χ4n) is 4.37. The summed E-state index contributed by atoms with van der Waals surface area (Å²) < 4.78 is 42.8. The number of carbonyl (C=O) groups excluding carboxylic acids is 4. The quantitative estimate of drug-likeness (QED) is 0.0319. The highest BCUT2D eigenvalue weighted by Crippen LogP contribution is 2.31. The molecule has 0 atom stereocenters. The summed E-state index contributed by atoms with van der Waals surface area (Å²) in [5.74, 6) is 1.87. The van der Waals surface area contributed by atoms with Gasteiger partial charge in [0.05, 0.1) is 56.1 Å². The lowest BCUT2D eigenvalue weighted by Gasteiger charge is -2.07. The molecule has 0 spiro atoms. The van der Waals surface area contributed by atoms with E-state index in [1.807, 2.05) is 12.3 Å². The molecule has 0 aliphatic heterocycles. The van der Waals surface area contributed by atoms with Crippen LogP contribution >= 0.6 is 89.6 Å². The van der Waals surface area contributed by atoms with E-state index in [1.165, 1.54) is 31.4 Å². The van der Waals surface area contributed by atoms with Gasteiger partial charge in [0.1, 0.15) is 52.0 Å². The van der Waals surface area contributed by atoms with Gasteiger partial charge in [-0.05, 0) is 56.8 Å². The zero-order valence-electron chi connectivity index (χ0n) is 32.2. The Morgan fingerprint density at radius 3 is 2.00 bits per heavy atom. The van der Waals surface area contributed by atoms with Crippen LogP contribution in [0.2, 0.25) is 10.4 Å². The molecule has 3 aromatic heterocycles. The van der Waals surface area contributed by atoms with E-state index in [2.05, 4.69) is 91.7 Å². The second-order valence-electron chi connectivity index (χ2n) is 11.6. The summed E-state index contributed by atoms with van der Waals surface area (Å²) in [4.78, 5) is 59.9. The van der Waals surface area contributed by atoms with Crippen molar-refractivity contribution in [2.24, 2.45) is 0 Å². The summed E-state index contributed by atoms with van der Waals surface area (Å²) in [6.07, 6.45) is 3.62. The van der Waals surface area contributed by atoms with Crippen LogP contribution in [0.3, 0.4) is 0 Å². The van der Waals surface area contributed by atoms with Crippen molar-refractivity contribution in [1.82, 2.24) is 19.9 Å². The van der Waals surface area contributed by atoms with Crippen LogP contribution in [-0.4, -0.2) is 87.5 Å². The minimum absolute atomic E-state index is 0.00921. The molecule has 1 amide bonds. The Balaban J connectivity index is 0.000000284. The lowest BCUT2D eigenvalue weighted by Crippen LogP contribution is -2.37. The maximum Gasteiger partial charge on any atom is 0.396 e. The van der Waals surface area contributed by atoms with E-state index in [9.17, 15) is 28.0 Å². The molecule has 0 aliphatic carbocycles. The third kappa shape index (κ3) is 18.9. The van der Waals surface area contributed by atoms with Gasteiger partial charge in [-0.25, -0.2) is 23.3 Å². The molecule has 0 fully saturated rings. The Morgan fingerprint density at radius 2 is 1.43 bits per heavy atom. The lowest BCUT2D eigenvalue weighted by molar-refractivity contribution is -0.694. The Bertz CT molecular complexity index is 2240. The van der Waals surface area contributed by atoms with Crippen LogP contribution < -0.4 is 24.1 Å². The van der Waals surface area contributed by atoms with Crippen molar-refractivity contribution in [1.29, 1.82) is 0 Å². The van der Waals surface area contributed by atoms with E-state index in [0.29, 0.717) is 62.8 Å². The Morgan fingerprint density at radius 1 is 0.783 bits per heavy atom. The lowest BCUT2D eigenvalue weighted by atomic mass is 10.1. The molecule has 1 N–H and O–H groups in total. The highest BCUT2D eigenvalue weighted by Gasteiger charge is 2.17. The van der Waals surface area contributed by atoms with Crippen LogP contribution in [0.5, 0.6) is 17.4 Å². The summed E-state index contributed by atoms with van der Waals surface area (Å²) in [7, 11) is 4.62. The van der Waals surface area contributed by atoms with Crippen LogP contribution in [0, 0.1) is 11.6 Å². The van der Waals surface area contributed by atoms with Gasteiger partial charge in [-0.1, -0.05) is 17.7 Å². The maximum absolute atomic E-state index is 13.0. The second kappa shape index (κ2) is 27.9. The van der Waals surface area contributed by atoms with Crippen LogP contribution in [0.15, 0.2) is 65.4 Å². The zero-order chi connectivity index (χ0) is 44.8. The number of ketones is 3. The number of nitrogens with zero attached hydrogens (tertiary/aromatic N) is 5. The van der Waals surface area contributed by atoms with Gasteiger partial charge in [0.25, 0.3) is 0 Å². The number of Topliss-reactive ketones (excluding diaryl/α,β-unsaturated/α-hetero) is 3. The van der Waals surface area contributed by atoms with Crippen molar-refractivity contribution in [3.63, 3.8) is 0 Å². The van der Waals surface area contributed by atoms with Crippen LogP contribution in [0.4, 0.5) is 14.6 Å². The van der Waals surface area contributed by atoms with Crippen molar-refractivity contribution < 1.29 is 46.7 Å². The predicted octanol–water partition coefficient (Wildman–Crippen LogP) is 6.98. The van der Waals surface area contributed by atoms with Crippen molar-refractivity contribution in [3.05, 3.63) is 98.9 Å². The number of fused-ring (bicyclic) bond motifs is 1. The predicted molar refractivity (Wildman–Crippen MR) is 243 cm³/mol. The summed E-state index contributed by atoms with van der Waals surface area (Å²) in [5.41, 5.74) is 1.38. The third-order valence-corrected chi connectivity index (χ3v) is 9.73. The van der Waals surface area contributed by atoms with E-state index in [-0.39, 0.29) is 70.1 Å². The number of benzene rings is 2. The van der Waals surface area contributed by atoms with Gasteiger partial charge in [-0.3, -0.25) is 19.2 Å². The van der Waals surface area contributed by atoms with Gasteiger partial charge < -0.3 is 19.5 Å². The molecular weight excluding hydrogens is 970 g/mol. The second-order valence-corrected chi connectivity index (χ2v) is 14.5. The van der Waals surface area contributed by atoms with E-state index < -0.39 is 5.82 Å². The molecule has 0 aliphatic rings. The minimum atomic E-state index is -0.432. The van der Waals surface area contributed by atoms with Gasteiger partial charge in [0.15, 0.2) is 17.0 Å². The number of methoxy groups -OCH3 is 3. The first-order valence-electron chi connectivity index (χ1n) is 17.1. The molecule has 3 heterocycles. The number of nitrogens with one attached hydrogen (secondary N) is 1. The minimum Gasteiger partial charge on any atom is -0.493 e. The standard InChI is InChI=1S/C14H15ClN2O3S.C9H8BrFOS.C8H9ClN2O2S.C7H7FN2OS/c1-19-12-5-9-7-17(4-3-10(18)8-21)14(15)16-11(9)6-13(12)20-2;10-8-2-1-6(4-9(8)11)3-7(12)5-13;1-13-8-3-6(9)10-7(11-8)2-5(12)4-14;8-5-1-2-6(9-3-5)10-7(11)4-12/h5-7H,3-4,8H2,1-2H3;1-2,4,13H,3,5H2;3,14H,2,4H2,1H3;1-3,12H,4H2,(H,9,10,11)/p+1. The van der Waals surface area contributed by atoms with E-state index >= 15 is 0 Å². The molecule has 0 bridgehead atoms. The number of halogens is 5. The van der Waals surface area contributed by atoms with Crippen molar-refractivity contribution in [2.45, 2.75) is 25.8 Å². The number of carbonyl (C=O) groups is 4. The Kier molecular flexibility index (Phi) is 24.4. The van der Waals surface area contributed by atoms with Crippen LogP contribution in [0.25, 0.3) is 10.9 Å². The van der Waals surface area contributed by atoms with Gasteiger partial charge in [-0.15, -0.1) is 0 Å². The first kappa shape index (κ1) is 52.3. The van der Waals surface area contributed by atoms with Crippen molar-refractivity contribution in [2.75, 3.05) is 49.7 Å². The van der Waals surface area contributed by atoms with E-state index in [0.717, 1.165) is 11.6 Å². The first-order chi connectivity index (χ1) is 28.6. The number of amides is 1. The number of hydrogen-bond donors (Lipinski definition) is 5. The number of ether oxygens (including phenoxy) is 3. The SMILES string of the molecule is COc1cc(Cl)nc(CC(=O)CS)n1.COc1cc2c[n+](CCC(=O)CS)c(Cl)nc2cc1OC.O=C(CS)Cc1ccc(Br)c(F)c1.O=C(CS)Nc1ccc(F)cn1. The molecular formula is C38H40BrCl2F2N6O7S4+. The molecule has 0 saturated heterocycles. The molecule has 5 rings (SSSR count). The average Bonchev–Trinajstić information content (AvgIpc) is 3.24. The molecule has 0 radical (unpaired) electrons. The van der Waals surface area contributed by atoms with Gasteiger partial charge in [-0.2, -0.15) is 55.5 Å². The molecule has 5 aromatic rings. The number of aryl methyl sites for hydroxylation is 1. The maximum atomic E-state index is 13.0. The van der Waals surface area contributed by atoms with E-state index in [1.54, 1.807) is 37.0 Å². The Labute approximate surface area is 385 Å². The van der Waals surface area contributed by atoms with Crippen LogP contribution in [-0.2, 0) is 38.6 Å². The number of rotatable bonds is 15. The fourth-order valence-corrected chi connectivity index (χ4v) is 5.50. The normalized spacial score (nSPS) is 10.1. The Hall–Kier alpha value is -3.79. The number of aromatic nitrogens is 5. The molecule has 2 aromatic carbocycles. The summed E-state index contributed by atoms with van der Waals surface area (Å²) >= 11 is 30.3. The molecule has 0 saturated carbocycles. The molecule has 0 unspecified atom stereocenters. The highest BCUT2D eigenvalue weighted by molar-refractivity contribution is 9.10. The summed E-state index contributed by atoms with van der Waals surface area (Å²) in [6.45, 7) is 0.468. The third-order valence-electron chi connectivity index (χ3n) is 7.24. The number of thiol groups is 4. The number of anilines is 1. The summed E-state index contributed by atoms with van der Waals surface area (Å²) in [5, 5.41) is 3.87. The average molecular weight is 1010 g/mol. The zero-order valence-corrected chi connectivity index (χ0v) is 38.9. The van der Waals surface area contributed by atoms with E-state index in [4.69, 9.17) is 37.4 Å². The largest absolute Gasteiger partial charge is 0.493 e. The topological polar surface area (TPSA) is 163 Å². The molecule has 22 heteroatoms. The molecule has 60 heavy (non-hydrogen) atoms.